The maximum atomic E-state index is 8.96. The summed E-state index contributed by atoms with van der Waals surface area (Å²) < 4.78 is 76.1. The van der Waals surface area contributed by atoms with E-state index < -0.39 is 25.5 Å². The zero-order chi connectivity index (χ0) is 30.4. The van der Waals surface area contributed by atoms with E-state index in [0.717, 1.165) is 5.52 Å². The molecule has 0 unspecified atom stereocenters. The topological polar surface area (TPSA) is 18.7 Å². The zero-order valence-electron chi connectivity index (χ0n) is 28.0. The Morgan fingerprint density at radius 1 is 0.939 bits per heavy atom. The number of aryl methyl sites for hydroxylation is 3. The van der Waals surface area contributed by atoms with Gasteiger partial charge in [-0.05, 0) is 48.2 Å². The number of fused-ring (bicyclic) bond motifs is 3. The summed E-state index contributed by atoms with van der Waals surface area (Å²) in [6, 6.07) is 12.9. The van der Waals surface area contributed by atoms with Gasteiger partial charge in [-0.1, -0.05) is 64.1 Å². The number of nitrogens with zero attached hydrogens (tertiary/aromatic N) is 4. The second-order valence-corrected chi connectivity index (χ2v) is 9.11. The van der Waals surface area contributed by atoms with Crippen molar-refractivity contribution in [3.8, 4) is 11.6 Å². The number of para-hydroxylation sites is 2. The van der Waals surface area contributed by atoms with Crippen LogP contribution >= 0.6 is 0 Å². The fraction of sp³-hybridized carbons (Fsp3) is 0.345. The Morgan fingerprint density at radius 2 is 1.64 bits per heavy atom. The molecule has 0 amide bonds. The van der Waals surface area contributed by atoms with E-state index in [0.29, 0.717) is 39.2 Å². The lowest BCUT2D eigenvalue weighted by molar-refractivity contribution is -0.664. The van der Waals surface area contributed by atoms with Gasteiger partial charge in [-0.25, -0.2) is 9.13 Å². The van der Waals surface area contributed by atoms with Gasteiger partial charge in [0.1, 0.15) is 11.9 Å². The smallest absolute Gasteiger partial charge is 0.317 e. The van der Waals surface area contributed by atoms with E-state index in [1.54, 1.807) is 67.9 Å². The molecule has 3 aromatic heterocycles. The molecule has 2 aromatic carbocycles. The Labute approximate surface area is 207 Å². The van der Waals surface area contributed by atoms with Gasteiger partial charge in [0.2, 0.25) is 0 Å². The van der Waals surface area contributed by atoms with Crippen LogP contribution in [0.5, 0.6) is 0 Å². The van der Waals surface area contributed by atoms with Crippen molar-refractivity contribution in [2.24, 2.45) is 14.1 Å². The molecule has 0 fully saturated rings. The summed E-state index contributed by atoms with van der Waals surface area (Å²) in [6.07, 6.45) is 3.55. The Balaban J connectivity index is 2.07. The summed E-state index contributed by atoms with van der Waals surface area (Å²) in [5.74, 6) is -1.73. The fourth-order valence-corrected chi connectivity index (χ4v) is 4.94. The quantitative estimate of drug-likeness (QED) is 0.276. The zero-order valence-corrected chi connectivity index (χ0v) is 20.0. The van der Waals surface area contributed by atoms with E-state index in [4.69, 9.17) is 11.0 Å². The molecule has 0 saturated carbocycles. The molecule has 5 rings (SSSR count). The lowest BCUT2D eigenvalue weighted by atomic mass is 9.92. The third-order valence-corrected chi connectivity index (χ3v) is 6.52. The maximum Gasteiger partial charge on any atom is 0.375 e. The lowest BCUT2D eigenvalue weighted by Gasteiger charge is -2.19. The maximum absolute atomic E-state index is 8.96. The average molecular weight is 448 g/mol. The molecule has 0 aliphatic carbocycles. The second kappa shape index (κ2) is 7.65. The van der Waals surface area contributed by atoms with Gasteiger partial charge >= 0.3 is 5.95 Å². The number of rotatable bonds is 4. The highest BCUT2D eigenvalue weighted by molar-refractivity contribution is 6.09. The summed E-state index contributed by atoms with van der Waals surface area (Å²) in [5, 5.41) is 1.03. The molecule has 0 atom stereocenters. The summed E-state index contributed by atoms with van der Waals surface area (Å²) >= 11 is 0. The van der Waals surface area contributed by atoms with Crippen LogP contribution in [0.1, 0.15) is 72.8 Å². The van der Waals surface area contributed by atoms with Crippen molar-refractivity contribution < 1.29 is 15.5 Å². The number of hydrogen-bond donors (Lipinski definition) is 0. The summed E-state index contributed by atoms with van der Waals surface area (Å²) in [6.45, 7) is 1.59. The lowest BCUT2D eigenvalue weighted by Crippen LogP contribution is -2.33. The number of benzene rings is 2. The Kier molecular flexibility index (Phi) is 3.27. The Morgan fingerprint density at radius 3 is 2.27 bits per heavy atom. The van der Waals surface area contributed by atoms with E-state index in [2.05, 4.69) is 0 Å². The SMILES string of the molecule is [2H]C([2H])([2H])c1c(C([2H])([2H])[2H])n(-c2n(-c3c(C([2H])(C)C)cccc3C([2H])(C)C)cc[n+]2C)c2c1c1ccccc1n2C. The second-order valence-electron chi connectivity index (χ2n) is 9.11. The molecule has 33 heavy (non-hydrogen) atoms. The van der Waals surface area contributed by atoms with Crippen LogP contribution in [0.25, 0.3) is 33.6 Å². The van der Waals surface area contributed by atoms with Gasteiger partial charge in [0.05, 0.1) is 24.5 Å². The molecule has 3 heterocycles. The first-order chi connectivity index (χ1) is 18.8. The van der Waals surface area contributed by atoms with E-state index in [9.17, 15) is 0 Å². The van der Waals surface area contributed by atoms with Crippen LogP contribution in [0.2, 0.25) is 0 Å². The monoisotopic (exact) mass is 447 g/mol. The third kappa shape index (κ3) is 3.00. The molecule has 0 spiro atoms. The fourth-order valence-electron chi connectivity index (χ4n) is 4.94. The van der Waals surface area contributed by atoms with Crippen LogP contribution in [-0.2, 0) is 14.1 Å². The van der Waals surface area contributed by atoms with Crippen molar-refractivity contribution >= 4 is 21.9 Å². The minimum absolute atomic E-state index is 0.202. The van der Waals surface area contributed by atoms with E-state index >= 15 is 0 Å². The van der Waals surface area contributed by atoms with E-state index in [1.807, 2.05) is 47.0 Å². The molecule has 0 aliphatic rings. The van der Waals surface area contributed by atoms with Crippen LogP contribution in [0.15, 0.2) is 54.9 Å². The molecule has 0 saturated heterocycles. The molecule has 0 N–H and O–H groups in total. The van der Waals surface area contributed by atoms with Crippen LogP contribution in [-0.4, -0.2) is 13.7 Å². The van der Waals surface area contributed by atoms with Gasteiger partial charge in [0, 0.05) is 28.8 Å². The van der Waals surface area contributed by atoms with Gasteiger partial charge in [-0.15, -0.1) is 0 Å². The van der Waals surface area contributed by atoms with Crippen LogP contribution in [0, 0.1) is 13.7 Å². The van der Waals surface area contributed by atoms with E-state index in [-0.39, 0.29) is 11.3 Å². The number of imidazole rings is 1. The van der Waals surface area contributed by atoms with Gasteiger partial charge in [-0.2, -0.15) is 4.57 Å². The first-order valence-electron chi connectivity index (χ1n) is 15.1. The largest absolute Gasteiger partial charge is 0.375 e. The molecular weight excluding hydrogens is 404 g/mol. The Hall–Kier alpha value is -3.27. The highest BCUT2D eigenvalue weighted by Gasteiger charge is 2.31. The number of aromatic nitrogens is 4. The highest BCUT2D eigenvalue weighted by Crippen LogP contribution is 2.37. The van der Waals surface area contributed by atoms with Gasteiger partial charge < -0.3 is 4.57 Å². The molecular formula is C29H35N4+. The first kappa shape index (κ1) is 14.1. The van der Waals surface area contributed by atoms with Gasteiger partial charge in [0.25, 0.3) is 0 Å². The minimum atomic E-state index is -2.78. The minimum Gasteiger partial charge on any atom is -0.317 e. The highest BCUT2D eigenvalue weighted by atomic mass is 15.3. The van der Waals surface area contributed by atoms with Crippen LogP contribution < -0.4 is 4.57 Å². The Bertz CT molecular complexity index is 1770. The van der Waals surface area contributed by atoms with Crippen molar-refractivity contribution in [1.29, 1.82) is 0 Å². The van der Waals surface area contributed by atoms with Crippen LogP contribution in [0.3, 0.4) is 0 Å². The predicted molar refractivity (Wildman–Crippen MR) is 138 cm³/mol. The molecule has 4 heteroatoms. The van der Waals surface area contributed by atoms with Gasteiger partial charge in [-0.3, -0.25) is 0 Å². The van der Waals surface area contributed by atoms with Crippen molar-refractivity contribution in [2.75, 3.05) is 0 Å². The molecule has 0 radical (unpaired) electrons. The molecule has 5 aromatic rings. The summed E-state index contributed by atoms with van der Waals surface area (Å²) in [7, 11) is 3.58. The standard InChI is InChI=1S/C29H35N4/c1-18(2)22-13-11-14-23(19(3)4)27(22)32-17-16-30(7)29(32)33-21(6)20(5)26-24-12-9-10-15-25(24)31(8)28(26)33/h9-19H,1-8H3/q+1/i5D3,6D3,18D,19D. The van der Waals surface area contributed by atoms with Crippen molar-refractivity contribution in [2.45, 2.75) is 53.2 Å². The number of hydrogen-bond acceptors (Lipinski definition) is 0. The van der Waals surface area contributed by atoms with Crippen molar-refractivity contribution in [1.82, 2.24) is 13.7 Å². The van der Waals surface area contributed by atoms with Crippen LogP contribution in [0.4, 0.5) is 0 Å². The predicted octanol–water partition coefficient (Wildman–Crippen LogP) is 6.60. The average Bonchev–Trinajstić information content (AvgIpc) is 3.47. The molecule has 0 bridgehead atoms. The van der Waals surface area contributed by atoms with Crippen molar-refractivity contribution in [3.05, 3.63) is 77.2 Å². The molecule has 0 aliphatic heterocycles. The molecule has 170 valence electrons. The first-order valence-corrected chi connectivity index (χ1v) is 11.1. The van der Waals surface area contributed by atoms with Crippen molar-refractivity contribution in [3.63, 3.8) is 0 Å². The molecule has 4 nitrogen and oxygen atoms in total. The normalized spacial score (nSPS) is 17.2. The summed E-state index contributed by atoms with van der Waals surface area (Å²) in [4.78, 5) is 0. The van der Waals surface area contributed by atoms with Gasteiger partial charge in [0.15, 0.2) is 5.65 Å². The summed E-state index contributed by atoms with van der Waals surface area (Å²) in [5.41, 5.74) is 2.62. The van der Waals surface area contributed by atoms with E-state index in [1.165, 1.54) is 0 Å². The third-order valence-electron chi connectivity index (χ3n) is 6.52.